The van der Waals surface area contributed by atoms with E-state index in [2.05, 4.69) is 4.98 Å². The monoisotopic (exact) mass is 193 g/mol. The summed E-state index contributed by atoms with van der Waals surface area (Å²) in [6, 6.07) is 7.39. The summed E-state index contributed by atoms with van der Waals surface area (Å²) in [6.07, 6.45) is 3.36. The smallest absolute Gasteiger partial charge is 0.158 e. The van der Waals surface area contributed by atoms with E-state index >= 15 is 0 Å². The molecule has 0 amide bonds. The normalized spacial score (nSPS) is 10.2. The van der Waals surface area contributed by atoms with Crippen LogP contribution in [0.2, 0.25) is 5.02 Å². The van der Waals surface area contributed by atoms with Crippen LogP contribution in [0.1, 0.15) is 0 Å². The van der Waals surface area contributed by atoms with Gasteiger partial charge in [-0.2, -0.15) is 0 Å². The molecule has 13 heavy (non-hydrogen) atoms. The van der Waals surface area contributed by atoms with Gasteiger partial charge in [0.25, 0.3) is 0 Å². The van der Waals surface area contributed by atoms with Gasteiger partial charge in [0.15, 0.2) is 5.82 Å². The first-order valence-corrected chi connectivity index (χ1v) is 4.19. The molecule has 0 saturated carbocycles. The van der Waals surface area contributed by atoms with Crippen LogP contribution in [-0.2, 0) is 0 Å². The Morgan fingerprint density at radius 3 is 2.46 bits per heavy atom. The number of hydrogen-bond acceptors (Lipinski definition) is 2. The summed E-state index contributed by atoms with van der Waals surface area (Å²) >= 11 is 5.75. The zero-order valence-electron chi connectivity index (χ0n) is 6.81. The van der Waals surface area contributed by atoms with E-state index in [0.717, 1.165) is 11.4 Å². The molecule has 0 bridgehead atoms. The van der Waals surface area contributed by atoms with Crippen LogP contribution in [0.5, 0.6) is 0 Å². The molecule has 1 aromatic carbocycles. The fraction of sp³-hybridized carbons (Fsp3) is 0. The average molecular weight is 194 g/mol. The minimum Gasteiger partial charge on any atom is -0.338 e. The van der Waals surface area contributed by atoms with Gasteiger partial charge >= 0.3 is 0 Å². The van der Waals surface area contributed by atoms with Crippen molar-refractivity contribution in [2.24, 2.45) is 0 Å². The molecule has 2 N–H and O–H groups in total. The number of imidazole rings is 1. The maximum Gasteiger partial charge on any atom is 0.158 e. The molecule has 3 nitrogen and oxygen atoms in total. The molecule has 0 unspecified atom stereocenters. The summed E-state index contributed by atoms with van der Waals surface area (Å²) in [5.74, 6) is 6.36. The molecule has 2 aromatic rings. The number of aromatic nitrogens is 2. The van der Waals surface area contributed by atoms with Gasteiger partial charge in [-0.1, -0.05) is 11.6 Å². The SMILES string of the molecule is Nn1ccnc1-c1ccc(Cl)cc1. The molecule has 0 atom stereocenters. The highest BCUT2D eigenvalue weighted by molar-refractivity contribution is 6.30. The molecule has 2 rings (SSSR count). The van der Waals surface area contributed by atoms with Crippen molar-refractivity contribution < 1.29 is 0 Å². The summed E-state index contributed by atoms with van der Waals surface area (Å²) < 4.78 is 1.48. The highest BCUT2D eigenvalue weighted by atomic mass is 35.5. The highest BCUT2D eigenvalue weighted by Gasteiger charge is 2.02. The summed E-state index contributed by atoms with van der Waals surface area (Å²) in [7, 11) is 0. The van der Waals surface area contributed by atoms with Crippen molar-refractivity contribution in [3.8, 4) is 11.4 Å². The maximum absolute atomic E-state index is 5.75. The predicted molar refractivity (Wildman–Crippen MR) is 52.8 cm³/mol. The van der Waals surface area contributed by atoms with E-state index < -0.39 is 0 Å². The van der Waals surface area contributed by atoms with E-state index in [1.54, 1.807) is 12.4 Å². The number of benzene rings is 1. The number of nitrogen functional groups attached to an aromatic ring is 1. The van der Waals surface area contributed by atoms with Crippen molar-refractivity contribution in [1.29, 1.82) is 0 Å². The van der Waals surface area contributed by atoms with Gasteiger partial charge in [0.05, 0.1) is 0 Å². The molecule has 0 radical (unpaired) electrons. The molecule has 0 aliphatic carbocycles. The molecule has 0 spiro atoms. The third kappa shape index (κ3) is 1.51. The van der Waals surface area contributed by atoms with Crippen LogP contribution in [0.3, 0.4) is 0 Å². The molecule has 1 heterocycles. The topological polar surface area (TPSA) is 43.8 Å². The minimum atomic E-state index is 0.707. The van der Waals surface area contributed by atoms with Crippen LogP contribution < -0.4 is 5.84 Å². The number of nitrogens with two attached hydrogens (primary N) is 1. The molecule has 0 aliphatic heterocycles. The van der Waals surface area contributed by atoms with E-state index in [1.807, 2.05) is 24.3 Å². The lowest BCUT2D eigenvalue weighted by Gasteiger charge is -2.00. The third-order valence-electron chi connectivity index (χ3n) is 1.77. The standard InChI is InChI=1S/C9H8ClN3/c10-8-3-1-7(2-4-8)9-12-5-6-13(9)11/h1-6H,11H2. The van der Waals surface area contributed by atoms with Crippen molar-refractivity contribution in [2.75, 3.05) is 5.84 Å². The molecule has 0 saturated heterocycles. The highest BCUT2D eigenvalue weighted by Crippen LogP contribution is 2.18. The Hall–Kier alpha value is -1.48. The maximum atomic E-state index is 5.75. The predicted octanol–water partition coefficient (Wildman–Crippen LogP) is 1.92. The lowest BCUT2D eigenvalue weighted by atomic mass is 10.2. The molecule has 0 aliphatic rings. The molecule has 4 heteroatoms. The second-order valence-electron chi connectivity index (χ2n) is 2.67. The molecule has 0 fully saturated rings. The lowest BCUT2D eigenvalue weighted by Crippen LogP contribution is -2.07. The van der Waals surface area contributed by atoms with Crippen LogP contribution >= 0.6 is 11.6 Å². The van der Waals surface area contributed by atoms with Crippen LogP contribution in [-0.4, -0.2) is 9.66 Å². The number of rotatable bonds is 1. The van der Waals surface area contributed by atoms with E-state index in [9.17, 15) is 0 Å². The van der Waals surface area contributed by atoms with Crippen LogP contribution in [0.15, 0.2) is 36.7 Å². The Morgan fingerprint density at radius 1 is 1.23 bits per heavy atom. The largest absolute Gasteiger partial charge is 0.338 e. The van der Waals surface area contributed by atoms with Gasteiger partial charge in [-0.25, -0.2) is 4.98 Å². The van der Waals surface area contributed by atoms with Crippen molar-refractivity contribution in [2.45, 2.75) is 0 Å². The Labute approximate surface area is 80.7 Å². The van der Waals surface area contributed by atoms with E-state index in [0.29, 0.717) is 5.02 Å². The second kappa shape index (κ2) is 3.11. The van der Waals surface area contributed by atoms with E-state index in [1.165, 1.54) is 4.68 Å². The third-order valence-corrected chi connectivity index (χ3v) is 2.02. The van der Waals surface area contributed by atoms with Crippen molar-refractivity contribution in [3.63, 3.8) is 0 Å². The lowest BCUT2D eigenvalue weighted by molar-refractivity contribution is 1.01. The van der Waals surface area contributed by atoms with Crippen molar-refractivity contribution in [1.82, 2.24) is 9.66 Å². The first-order valence-electron chi connectivity index (χ1n) is 3.82. The molecule has 66 valence electrons. The van der Waals surface area contributed by atoms with Crippen LogP contribution in [0.25, 0.3) is 11.4 Å². The van der Waals surface area contributed by atoms with E-state index in [4.69, 9.17) is 17.4 Å². The van der Waals surface area contributed by atoms with E-state index in [-0.39, 0.29) is 0 Å². The van der Waals surface area contributed by atoms with Gasteiger partial charge in [0.2, 0.25) is 0 Å². The minimum absolute atomic E-state index is 0.707. The zero-order chi connectivity index (χ0) is 9.26. The summed E-state index contributed by atoms with van der Waals surface area (Å²) in [4.78, 5) is 4.11. The fourth-order valence-electron chi connectivity index (χ4n) is 1.14. The summed E-state index contributed by atoms with van der Waals surface area (Å²) in [6.45, 7) is 0. The summed E-state index contributed by atoms with van der Waals surface area (Å²) in [5, 5.41) is 0.707. The second-order valence-corrected chi connectivity index (χ2v) is 3.10. The Kier molecular flexibility index (Phi) is 1.94. The van der Waals surface area contributed by atoms with Crippen LogP contribution in [0.4, 0.5) is 0 Å². The molecular formula is C9H8ClN3. The fourth-order valence-corrected chi connectivity index (χ4v) is 1.26. The van der Waals surface area contributed by atoms with Crippen molar-refractivity contribution >= 4 is 11.6 Å². The Bertz CT molecular complexity index is 405. The van der Waals surface area contributed by atoms with Gasteiger partial charge in [-0.3, -0.25) is 4.68 Å². The molecular weight excluding hydrogens is 186 g/mol. The quantitative estimate of drug-likeness (QED) is 0.704. The molecule has 1 aromatic heterocycles. The Morgan fingerprint density at radius 2 is 1.92 bits per heavy atom. The van der Waals surface area contributed by atoms with Gasteiger partial charge in [-0.05, 0) is 24.3 Å². The zero-order valence-corrected chi connectivity index (χ0v) is 7.57. The van der Waals surface area contributed by atoms with Crippen LogP contribution in [0, 0.1) is 0 Å². The number of halogens is 1. The van der Waals surface area contributed by atoms with Gasteiger partial charge in [-0.15, -0.1) is 0 Å². The first-order chi connectivity index (χ1) is 6.27. The summed E-state index contributed by atoms with van der Waals surface area (Å²) in [5.41, 5.74) is 0.955. The number of nitrogens with zero attached hydrogens (tertiary/aromatic N) is 2. The van der Waals surface area contributed by atoms with Gasteiger partial charge in [0, 0.05) is 23.0 Å². The van der Waals surface area contributed by atoms with Gasteiger partial charge in [0.1, 0.15) is 0 Å². The van der Waals surface area contributed by atoms with Crippen molar-refractivity contribution in [3.05, 3.63) is 41.7 Å². The average Bonchev–Trinajstić information content (AvgIpc) is 2.53. The van der Waals surface area contributed by atoms with Gasteiger partial charge < -0.3 is 5.84 Å². The Balaban J connectivity index is 2.47. The first kappa shape index (κ1) is 8.13. The number of hydrogen-bond donors (Lipinski definition) is 1.